The van der Waals surface area contributed by atoms with Gasteiger partial charge in [-0.1, -0.05) is 29.8 Å². The minimum atomic E-state index is 0.861. The van der Waals surface area contributed by atoms with Crippen LogP contribution in [0.3, 0.4) is 0 Å². The Kier molecular flexibility index (Phi) is 2.93. The van der Waals surface area contributed by atoms with Gasteiger partial charge in [-0.05, 0) is 56.0 Å². The standard InChI is InChI=1S/C16H19N/c1-10-5-6-14(15(17)9-10)16-12(3)7-11(2)8-13(16)4/h5-9H,17H2,1-4H3. The van der Waals surface area contributed by atoms with Crippen LogP contribution in [0.4, 0.5) is 5.69 Å². The van der Waals surface area contributed by atoms with Gasteiger partial charge in [-0.3, -0.25) is 0 Å². The molecule has 2 N–H and O–H groups in total. The van der Waals surface area contributed by atoms with E-state index in [1.54, 1.807) is 0 Å². The molecule has 0 fully saturated rings. The lowest BCUT2D eigenvalue weighted by molar-refractivity contribution is 1.32. The van der Waals surface area contributed by atoms with Crippen LogP contribution in [0.1, 0.15) is 22.3 Å². The van der Waals surface area contributed by atoms with Crippen molar-refractivity contribution >= 4 is 5.69 Å². The number of hydrogen-bond acceptors (Lipinski definition) is 1. The third-order valence-corrected chi connectivity index (χ3v) is 3.15. The van der Waals surface area contributed by atoms with Gasteiger partial charge in [0.15, 0.2) is 0 Å². The molecule has 0 unspecified atom stereocenters. The van der Waals surface area contributed by atoms with Gasteiger partial charge in [0, 0.05) is 11.3 Å². The van der Waals surface area contributed by atoms with Gasteiger partial charge in [0.2, 0.25) is 0 Å². The molecule has 0 radical (unpaired) electrons. The molecule has 0 bridgehead atoms. The molecule has 0 amide bonds. The molecule has 0 aliphatic heterocycles. The minimum absolute atomic E-state index is 0.861. The lowest BCUT2D eigenvalue weighted by Gasteiger charge is -2.14. The van der Waals surface area contributed by atoms with E-state index in [1.165, 1.54) is 27.8 Å². The van der Waals surface area contributed by atoms with Crippen molar-refractivity contribution < 1.29 is 0 Å². The Balaban J connectivity index is 2.68. The van der Waals surface area contributed by atoms with Crippen molar-refractivity contribution in [2.45, 2.75) is 27.7 Å². The Bertz CT molecular complexity index is 545. The van der Waals surface area contributed by atoms with Crippen molar-refractivity contribution in [2.75, 3.05) is 5.73 Å². The van der Waals surface area contributed by atoms with Crippen molar-refractivity contribution in [3.63, 3.8) is 0 Å². The Morgan fingerprint density at radius 3 is 1.88 bits per heavy atom. The second kappa shape index (κ2) is 4.25. The maximum Gasteiger partial charge on any atom is 0.0396 e. The fourth-order valence-corrected chi connectivity index (χ4v) is 2.51. The average Bonchev–Trinajstić information content (AvgIpc) is 2.19. The van der Waals surface area contributed by atoms with E-state index in [9.17, 15) is 0 Å². The van der Waals surface area contributed by atoms with Crippen molar-refractivity contribution in [3.8, 4) is 11.1 Å². The largest absolute Gasteiger partial charge is 0.398 e. The van der Waals surface area contributed by atoms with Crippen LogP contribution in [0.25, 0.3) is 11.1 Å². The highest BCUT2D eigenvalue weighted by molar-refractivity contribution is 5.81. The first-order valence-corrected chi connectivity index (χ1v) is 5.93. The van der Waals surface area contributed by atoms with E-state index in [-0.39, 0.29) is 0 Å². The van der Waals surface area contributed by atoms with Crippen LogP contribution in [0.5, 0.6) is 0 Å². The zero-order valence-corrected chi connectivity index (χ0v) is 11.0. The quantitative estimate of drug-likeness (QED) is 0.724. The van der Waals surface area contributed by atoms with Crippen LogP contribution in [0.2, 0.25) is 0 Å². The topological polar surface area (TPSA) is 26.0 Å². The summed E-state index contributed by atoms with van der Waals surface area (Å²) in [7, 11) is 0. The maximum atomic E-state index is 6.13. The number of nitrogen functional groups attached to an aromatic ring is 1. The second-order valence-electron chi connectivity index (χ2n) is 4.86. The van der Waals surface area contributed by atoms with Crippen LogP contribution in [-0.2, 0) is 0 Å². The number of nitrogens with two attached hydrogens (primary N) is 1. The molecule has 0 saturated carbocycles. The summed E-state index contributed by atoms with van der Waals surface area (Å²) in [5, 5.41) is 0. The Morgan fingerprint density at radius 2 is 1.35 bits per heavy atom. The molecule has 17 heavy (non-hydrogen) atoms. The summed E-state index contributed by atoms with van der Waals surface area (Å²) in [6.45, 7) is 8.49. The van der Waals surface area contributed by atoms with Crippen molar-refractivity contribution in [1.29, 1.82) is 0 Å². The molecule has 0 heterocycles. The number of rotatable bonds is 1. The van der Waals surface area contributed by atoms with Crippen molar-refractivity contribution in [2.24, 2.45) is 0 Å². The zero-order valence-electron chi connectivity index (χ0n) is 11.0. The number of anilines is 1. The summed E-state index contributed by atoms with van der Waals surface area (Å²) in [6, 6.07) is 10.7. The van der Waals surface area contributed by atoms with Crippen LogP contribution in [0.15, 0.2) is 30.3 Å². The highest BCUT2D eigenvalue weighted by Crippen LogP contribution is 2.32. The van der Waals surface area contributed by atoms with Gasteiger partial charge in [-0.2, -0.15) is 0 Å². The zero-order chi connectivity index (χ0) is 12.6. The van der Waals surface area contributed by atoms with Crippen molar-refractivity contribution in [1.82, 2.24) is 0 Å². The van der Waals surface area contributed by atoms with Crippen LogP contribution in [0, 0.1) is 27.7 Å². The molecule has 0 atom stereocenters. The third-order valence-electron chi connectivity index (χ3n) is 3.15. The molecule has 0 saturated heterocycles. The summed E-state index contributed by atoms with van der Waals surface area (Å²) >= 11 is 0. The molecule has 0 aromatic heterocycles. The van der Waals surface area contributed by atoms with Gasteiger partial charge >= 0.3 is 0 Å². The molecular weight excluding hydrogens is 206 g/mol. The molecule has 2 aromatic rings. The second-order valence-corrected chi connectivity index (χ2v) is 4.86. The number of benzene rings is 2. The van der Waals surface area contributed by atoms with E-state index in [0.29, 0.717) is 0 Å². The summed E-state index contributed by atoms with van der Waals surface area (Å²) in [4.78, 5) is 0. The van der Waals surface area contributed by atoms with Gasteiger partial charge in [0.1, 0.15) is 0 Å². The Hall–Kier alpha value is -1.76. The lowest BCUT2D eigenvalue weighted by Crippen LogP contribution is -1.95. The molecule has 0 aliphatic rings. The first-order chi connectivity index (χ1) is 7.99. The molecule has 2 aromatic carbocycles. The highest BCUT2D eigenvalue weighted by atomic mass is 14.6. The first-order valence-electron chi connectivity index (χ1n) is 5.93. The third kappa shape index (κ3) is 2.19. The first kappa shape index (κ1) is 11.7. The molecule has 1 heteroatoms. The smallest absolute Gasteiger partial charge is 0.0396 e. The fourth-order valence-electron chi connectivity index (χ4n) is 2.51. The minimum Gasteiger partial charge on any atom is -0.398 e. The highest BCUT2D eigenvalue weighted by Gasteiger charge is 2.09. The molecule has 0 spiro atoms. The lowest BCUT2D eigenvalue weighted by atomic mass is 9.92. The molecule has 88 valence electrons. The predicted octanol–water partition coefficient (Wildman–Crippen LogP) is 4.17. The van der Waals surface area contributed by atoms with E-state index in [0.717, 1.165) is 11.3 Å². The summed E-state index contributed by atoms with van der Waals surface area (Å²) in [5.74, 6) is 0. The average molecular weight is 225 g/mol. The van der Waals surface area contributed by atoms with Crippen LogP contribution >= 0.6 is 0 Å². The summed E-state index contributed by atoms with van der Waals surface area (Å²) in [6.07, 6.45) is 0. The Morgan fingerprint density at radius 1 is 0.765 bits per heavy atom. The van der Waals surface area contributed by atoms with Gasteiger partial charge in [-0.15, -0.1) is 0 Å². The number of aryl methyl sites for hydroxylation is 4. The van der Waals surface area contributed by atoms with E-state index >= 15 is 0 Å². The fraction of sp³-hybridized carbons (Fsp3) is 0.250. The molecule has 0 aliphatic carbocycles. The van der Waals surface area contributed by atoms with Gasteiger partial charge < -0.3 is 5.73 Å². The van der Waals surface area contributed by atoms with Crippen molar-refractivity contribution in [3.05, 3.63) is 52.6 Å². The van der Waals surface area contributed by atoms with E-state index in [4.69, 9.17) is 5.73 Å². The van der Waals surface area contributed by atoms with Crippen LogP contribution < -0.4 is 5.73 Å². The number of hydrogen-bond donors (Lipinski definition) is 1. The van der Waals surface area contributed by atoms with E-state index in [2.05, 4.69) is 52.0 Å². The molecule has 1 nitrogen and oxygen atoms in total. The monoisotopic (exact) mass is 225 g/mol. The van der Waals surface area contributed by atoms with E-state index < -0.39 is 0 Å². The molecular formula is C16H19N. The van der Waals surface area contributed by atoms with E-state index in [1.807, 2.05) is 6.07 Å². The SMILES string of the molecule is Cc1cc(C)c(-c2ccc(C)cc2N)c(C)c1. The summed E-state index contributed by atoms with van der Waals surface area (Å²) in [5.41, 5.74) is 14.5. The Labute approximate surface area is 103 Å². The van der Waals surface area contributed by atoms with Gasteiger partial charge in [0.05, 0.1) is 0 Å². The normalized spacial score (nSPS) is 10.6. The molecule has 2 rings (SSSR count). The van der Waals surface area contributed by atoms with Gasteiger partial charge in [-0.25, -0.2) is 0 Å². The summed E-state index contributed by atoms with van der Waals surface area (Å²) < 4.78 is 0. The van der Waals surface area contributed by atoms with Gasteiger partial charge in [0.25, 0.3) is 0 Å². The predicted molar refractivity (Wildman–Crippen MR) is 75.2 cm³/mol. The van der Waals surface area contributed by atoms with Crippen LogP contribution in [-0.4, -0.2) is 0 Å². The maximum absolute atomic E-state index is 6.13.